The number of hydrogen-bond acceptors (Lipinski definition) is 11. The highest BCUT2D eigenvalue weighted by Crippen LogP contribution is 2.48. The van der Waals surface area contributed by atoms with E-state index in [-0.39, 0.29) is 50.9 Å². The third kappa shape index (κ3) is 17.0. The van der Waals surface area contributed by atoms with Crippen LogP contribution in [0.15, 0.2) is 322 Å². The summed E-state index contributed by atoms with van der Waals surface area (Å²) in [5.41, 5.74) is 26.2. The first kappa shape index (κ1) is 88.5. The fourth-order valence-corrected chi connectivity index (χ4v) is 19.0. The van der Waals surface area contributed by atoms with Crippen molar-refractivity contribution in [3.05, 3.63) is 400 Å². The van der Waals surface area contributed by atoms with E-state index in [0.29, 0.717) is 89.9 Å². The van der Waals surface area contributed by atoms with Crippen LogP contribution in [0.2, 0.25) is 0 Å². The van der Waals surface area contributed by atoms with Crippen LogP contribution in [0, 0.1) is 0 Å². The molecular formula is C121H96N12O7. The molecule has 6 aromatic heterocycles. The molecule has 4 aliphatic rings. The maximum Gasteiger partial charge on any atom is 0.259 e. The second-order valence-electron chi connectivity index (χ2n) is 36.7. The van der Waals surface area contributed by atoms with Crippen LogP contribution in [0.3, 0.4) is 0 Å². The van der Waals surface area contributed by atoms with Gasteiger partial charge in [0.05, 0.1) is 134 Å². The van der Waals surface area contributed by atoms with Gasteiger partial charge in [-0.3, -0.25) is 19.2 Å². The molecule has 0 unspecified atom stereocenters. The number of ether oxygens (including phenoxy) is 3. The predicted octanol–water partition coefficient (Wildman–Crippen LogP) is 28.6. The standard InChI is InChI=1S/C121H96N12O7/c1-120(2,3)79-65-83(118(136)130-99-69-97-107(75-43-26-14-27-44-75)93-59-57-89(124-93)103(71-35-18-10-19-36-71)85-53-55-87(122-85)105(73-39-22-12-23-40-73)91-61-63-95(126-91)109(111(99)128-97)77-47-30-16-31-48-77)114(139-8)101(67-79)132-116(134)81-51-34-52-82(113(81)138-7)117(135)133-102-68-80(121(4,5)6)66-84(115(102)140-9)119(137)131-100-70-98-108(76-45-28-15-29-46-76)94-60-58-90(125-94)104(72-37-20-11-21-38-72)86-54-56-88(123-86)106(74-41-24-13-25-42-74)92-62-64-96(127-92)110(112(100)129-98)78-49-32-17-33-50-78/h10-70,122-123,128-129H,1-9H3,(H,130,136)(H,131,137)(H,132,134)(H,133,135). The molecule has 10 heterocycles. The average molecular weight is 1830 g/mol. The molecule has 19 nitrogen and oxygen atoms in total. The monoisotopic (exact) mass is 1830 g/mol. The number of nitrogens with zero attached hydrogens (tertiary/aromatic N) is 4. The molecule has 17 aromatic rings. The molecule has 21 rings (SSSR count). The van der Waals surface area contributed by atoms with Gasteiger partial charge in [-0.2, -0.15) is 0 Å². The van der Waals surface area contributed by atoms with Crippen molar-refractivity contribution in [2.45, 2.75) is 52.4 Å². The zero-order chi connectivity index (χ0) is 96.0. The number of methoxy groups -OCH3 is 3. The molecule has 0 saturated heterocycles. The number of H-pyrrole nitrogens is 4. The number of hydrogen-bond donors (Lipinski definition) is 8. The fourth-order valence-electron chi connectivity index (χ4n) is 19.0. The molecule has 140 heavy (non-hydrogen) atoms. The van der Waals surface area contributed by atoms with Gasteiger partial charge in [0, 0.05) is 66.6 Å². The highest BCUT2D eigenvalue weighted by Gasteiger charge is 2.33. The number of para-hydroxylation sites is 1. The molecule has 8 N–H and O–H groups in total. The van der Waals surface area contributed by atoms with Crippen LogP contribution >= 0.6 is 0 Å². The predicted molar refractivity (Wildman–Crippen MR) is 569 cm³/mol. The molecule has 0 fully saturated rings. The van der Waals surface area contributed by atoms with Gasteiger partial charge in [0.25, 0.3) is 23.6 Å². The zero-order valence-corrected chi connectivity index (χ0v) is 78.4. The number of aromatic nitrogens is 8. The van der Waals surface area contributed by atoms with Gasteiger partial charge in [0.1, 0.15) is 5.75 Å². The Balaban J connectivity index is 0.663. The van der Waals surface area contributed by atoms with Gasteiger partial charge in [-0.05, 0) is 188 Å². The van der Waals surface area contributed by atoms with Crippen LogP contribution in [-0.2, 0) is 10.8 Å². The van der Waals surface area contributed by atoms with Crippen molar-refractivity contribution in [2.75, 3.05) is 42.6 Å². The van der Waals surface area contributed by atoms with Crippen molar-refractivity contribution in [3.8, 4) is 106 Å². The summed E-state index contributed by atoms with van der Waals surface area (Å²) in [6.07, 6.45) is 16.3. The number of fused-ring (bicyclic) bond motifs is 16. The number of aromatic amines is 4. The summed E-state index contributed by atoms with van der Waals surface area (Å²) in [4.78, 5) is 101. The molecular weight excluding hydrogens is 1730 g/mol. The summed E-state index contributed by atoms with van der Waals surface area (Å²) >= 11 is 0. The second kappa shape index (κ2) is 36.9. The largest absolute Gasteiger partial charge is 0.495 e. The quantitative estimate of drug-likeness (QED) is 0.0378. The smallest absolute Gasteiger partial charge is 0.259 e. The van der Waals surface area contributed by atoms with Crippen molar-refractivity contribution >= 4 is 139 Å². The summed E-state index contributed by atoms with van der Waals surface area (Å²) in [6.45, 7) is 12.1. The summed E-state index contributed by atoms with van der Waals surface area (Å²) in [7, 11) is 4.28. The van der Waals surface area contributed by atoms with E-state index in [0.717, 1.165) is 111 Å². The number of amides is 4. The lowest BCUT2D eigenvalue weighted by Gasteiger charge is -2.24. The van der Waals surface area contributed by atoms with E-state index < -0.39 is 34.5 Å². The van der Waals surface area contributed by atoms with Gasteiger partial charge in [-0.15, -0.1) is 0 Å². The summed E-state index contributed by atoms with van der Waals surface area (Å²) in [6, 6.07) is 105. The number of carbonyl (C=O) groups is 4. The Morgan fingerprint density at radius 2 is 0.450 bits per heavy atom. The van der Waals surface area contributed by atoms with Crippen molar-refractivity contribution in [1.29, 1.82) is 0 Å². The van der Waals surface area contributed by atoms with Crippen LogP contribution in [0.5, 0.6) is 17.2 Å². The Hall–Kier alpha value is -18.1. The molecule has 682 valence electrons. The highest BCUT2D eigenvalue weighted by molar-refractivity contribution is 6.18. The van der Waals surface area contributed by atoms with Gasteiger partial charge in [-0.1, -0.05) is 290 Å². The first-order chi connectivity index (χ1) is 68.2. The van der Waals surface area contributed by atoms with E-state index >= 15 is 19.2 Å². The minimum absolute atomic E-state index is 0.0343. The molecule has 11 aromatic carbocycles. The van der Waals surface area contributed by atoms with Gasteiger partial charge in [-0.25, -0.2) is 19.9 Å². The first-order valence-electron chi connectivity index (χ1n) is 46.4. The van der Waals surface area contributed by atoms with E-state index in [1.807, 2.05) is 284 Å². The van der Waals surface area contributed by atoms with Crippen molar-refractivity contribution in [2.24, 2.45) is 0 Å². The van der Waals surface area contributed by atoms with E-state index in [9.17, 15) is 0 Å². The zero-order valence-electron chi connectivity index (χ0n) is 78.4. The van der Waals surface area contributed by atoms with Gasteiger partial charge >= 0.3 is 0 Å². The Bertz CT molecular complexity index is 7870. The SMILES string of the molecule is COc1c(NC(=O)c2cccc(C(=O)Nc3cc(C(C)(C)C)cc(C(=O)Nc4cc5[nH]c4c(-c4ccccc4)c4nc(c(-c6ccccc6)c6ccc([nH]6)c(-c6ccccc6)c6nc(c5-c5ccccc5)C=C6)C=C4)c3OC)c2OC)cc(C(C)(C)C)cc1C(=O)Nc1cc2[nH]c1c(-c1ccccc1)c1nc(c(-c3ccccc3)c3ccc([nH]3)c(-c3ccccc3)c3nc(c2-c2ccccc2)C=C3)C=C1. The summed E-state index contributed by atoms with van der Waals surface area (Å²) in [5.74, 6) is -2.54. The topological polar surface area (TPSA) is 259 Å². The van der Waals surface area contributed by atoms with Crippen LogP contribution in [0.1, 0.15) is 140 Å². The Morgan fingerprint density at radius 1 is 0.229 bits per heavy atom. The molecule has 16 bridgehead atoms. The lowest BCUT2D eigenvalue weighted by molar-refractivity contribution is 0.100. The summed E-state index contributed by atoms with van der Waals surface area (Å²) in [5, 5.41) is 13.0. The van der Waals surface area contributed by atoms with E-state index in [2.05, 4.69) is 126 Å². The summed E-state index contributed by atoms with van der Waals surface area (Å²) < 4.78 is 18.8. The lowest BCUT2D eigenvalue weighted by Crippen LogP contribution is -2.22. The Labute approximate surface area is 809 Å². The molecule has 0 atom stereocenters. The maximum atomic E-state index is 16.2. The number of nitrogens with one attached hydrogen (secondary N) is 8. The maximum absolute atomic E-state index is 16.2. The molecule has 4 aliphatic heterocycles. The van der Waals surface area contributed by atoms with Crippen LogP contribution in [0.25, 0.3) is 182 Å². The average Bonchev–Trinajstić information content (AvgIpc) is 1.62. The second-order valence-corrected chi connectivity index (χ2v) is 36.7. The minimum Gasteiger partial charge on any atom is -0.495 e. The van der Waals surface area contributed by atoms with Gasteiger partial charge in [0.15, 0.2) is 11.5 Å². The normalized spacial score (nSPS) is 12.0. The third-order valence-electron chi connectivity index (χ3n) is 25.7. The van der Waals surface area contributed by atoms with Crippen molar-refractivity contribution in [3.63, 3.8) is 0 Å². The van der Waals surface area contributed by atoms with E-state index in [1.165, 1.54) is 21.3 Å². The van der Waals surface area contributed by atoms with Crippen LogP contribution < -0.4 is 35.5 Å². The fraction of sp³-hybridized carbons (Fsp3) is 0.0909. The highest BCUT2D eigenvalue weighted by atomic mass is 16.5. The van der Waals surface area contributed by atoms with Crippen molar-refractivity contribution < 1.29 is 33.4 Å². The number of benzene rings is 11. The minimum atomic E-state index is -0.699. The number of anilines is 4. The van der Waals surface area contributed by atoms with E-state index in [1.54, 1.807) is 42.5 Å². The molecule has 4 amide bonds. The van der Waals surface area contributed by atoms with Crippen LogP contribution in [-0.4, -0.2) is 84.8 Å². The molecule has 0 saturated carbocycles. The van der Waals surface area contributed by atoms with Gasteiger partial charge in [0.2, 0.25) is 0 Å². The molecule has 0 aliphatic carbocycles. The van der Waals surface area contributed by atoms with Gasteiger partial charge < -0.3 is 55.4 Å². The molecule has 0 radical (unpaired) electrons. The first-order valence-corrected chi connectivity index (χ1v) is 46.4. The van der Waals surface area contributed by atoms with Crippen LogP contribution in [0.4, 0.5) is 22.7 Å². The Morgan fingerprint density at radius 3 is 0.693 bits per heavy atom. The lowest BCUT2D eigenvalue weighted by atomic mass is 9.85. The third-order valence-corrected chi connectivity index (χ3v) is 25.7. The Kier molecular flexibility index (Phi) is 23.4. The number of rotatable bonds is 19. The van der Waals surface area contributed by atoms with Crippen molar-refractivity contribution in [1.82, 2.24) is 39.9 Å². The number of carbonyl (C=O) groups excluding carboxylic acids is 4. The van der Waals surface area contributed by atoms with E-state index in [4.69, 9.17) is 34.1 Å². The molecule has 0 spiro atoms. The molecule has 19 heteroatoms.